The fourth-order valence-corrected chi connectivity index (χ4v) is 6.21. The number of carbonyl (C=O) groups is 2. The van der Waals surface area contributed by atoms with Gasteiger partial charge in [-0.1, -0.05) is 0 Å². The quantitative estimate of drug-likeness (QED) is 0.323. The predicted molar refractivity (Wildman–Crippen MR) is 149 cm³/mol. The van der Waals surface area contributed by atoms with Crippen LogP contribution >= 0.6 is 11.3 Å². The number of benzene rings is 1. The number of fused-ring (bicyclic) bond motifs is 1. The van der Waals surface area contributed by atoms with E-state index in [1.165, 1.54) is 23.5 Å². The minimum Gasteiger partial charge on any atom is -0.474 e. The van der Waals surface area contributed by atoms with Crippen LogP contribution in [-0.4, -0.2) is 61.1 Å². The second-order valence-electron chi connectivity index (χ2n) is 10.8. The number of carboxylic acid groups (broad SMARTS) is 1. The Balaban J connectivity index is 1.18. The molecule has 1 unspecified atom stereocenters. The molecule has 2 aliphatic rings. The highest BCUT2D eigenvalue weighted by molar-refractivity contribution is 7.17. The van der Waals surface area contributed by atoms with Gasteiger partial charge < -0.3 is 20.1 Å². The van der Waals surface area contributed by atoms with E-state index in [2.05, 4.69) is 25.3 Å². The Bertz CT molecular complexity index is 1620. The molecule has 41 heavy (non-hydrogen) atoms. The first-order valence-corrected chi connectivity index (χ1v) is 13.9. The van der Waals surface area contributed by atoms with Gasteiger partial charge in [-0.2, -0.15) is 0 Å². The highest BCUT2D eigenvalue weighted by atomic mass is 32.1. The number of amides is 2. The van der Waals surface area contributed by atoms with Crippen molar-refractivity contribution in [2.75, 3.05) is 13.1 Å². The van der Waals surface area contributed by atoms with E-state index in [1.54, 1.807) is 56.6 Å². The van der Waals surface area contributed by atoms with Crippen molar-refractivity contribution in [3.05, 3.63) is 76.8 Å². The molecule has 1 aromatic carbocycles. The van der Waals surface area contributed by atoms with Crippen molar-refractivity contribution in [2.45, 2.75) is 32.4 Å². The minimum atomic E-state index is -1.15. The summed E-state index contributed by atoms with van der Waals surface area (Å²) in [5, 5.41) is 12.5. The molecule has 0 radical (unpaired) electrons. The third-order valence-corrected chi connectivity index (χ3v) is 8.63. The average Bonchev–Trinajstić information content (AvgIpc) is 3.26. The Kier molecular flexibility index (Phi) is 6.65. The molecule has 2 fully saturated rings. The van der Waals surface area contributed by atoms with Gasteiger partial charge in [-0.15, -0.1) is 11.3 Å². The van der Waals surface area contributed by atoms with Crippen molar-refractivity contribution >= 4 is 23.3 Å². The third-order valence-electron chi connectivity index (χ3n) is 7.49. The highest BCUT2D eigenvalue weighted by Crippen LogP contribution is 2.48. The van der Waals surface area contributed by atoms with Gasteiger partial charge in [0, 0.05) is 48.9 Å². The lowest BCUT2D eigenvalue weighted by molar-refractivity contribution is 0.0755. The van der Waals surface area contributed by atoms with Crippen LogP contribution in [0.4, 0.5) is 9.18 Å². The van der Waals surface area contributed by atoms with Crippen molar-refractivity contribution in [3.63, 3.8) is 0 Å². The number of aryl methyl sites for hydroxylation is 1. The van der Waals surface area contributed by atoms with Gasteiger partial charge in [0.25, 0.3) is 5.91 Å². The molecule has 4 aromatic rings. The molecule has 1 saturated heterocycles. The lowest BCUT2D eigenvalue weighted by atomic mass is 9.93. The van der Waals surface area contributed by atoms with Crippen LogP contribution in [0.5, 0.6) is 5.88 Å². The molecule has 1 aliphatic carbocycles. The van der Waals surface area contributed by atoms with Gasteiger partial charge in [-0.3, -0.25) is 4.79 Å². The first-order valence-electron chi connectivity index (χ1n) is 13.1. The van der Waals surface area contributed by atoms with E-state index in [0.29, 0.717) is 57.2 Å². The van der Waals surface area contributed by atoms with E-state index in [0.717, 1.165) is 0 Å². The van der Waals surface area contributed by atoms with Crippen LogP contribution in [0.2, 0.25) is 0 Å². The Morgan fingerprint density at radius 2 is 1.78 bits per heavy atom. The number of piperidine rings is 1. The summed E-state index contributed by atoms with van der Waals surface area (Å²) in [4.78, 5) is 44.8. The molecular weight excluding hydrogens is 547 g/mol. The summed E-state index contributed by atoms with van der Waals surface area (Å²) in [5.41, 5.74) is 1.60. The summed E-state index contributed by atoms with van der Waals surface area (Å²) in [6.45, 7) is 6.43. The van der Waals surface area contributed by atoms with Crippen molar-refractivity contribution in [1.29, 1.82) is 0 Å². The molecule has 6 rings (SSSR count). The largest absolute Gasteiger partial charge is 0.474 e. The first kappa shape index (κ1) is 26.8. The van der Waals surface area contributed by atoms with Gasteiger partial charge in [0.1, 0.15) is 16.8 Å². The fourth-order valence-electron chi connectivity index (χ4n) is 5.23. The third kappa shape index (κ3) is 5.34. The van der Waals surface area contributed by atoms with Crippen LogP contribution in [0.1, 0.15) is 34.8 Å². The van der Waals surface area contributed by atoms with E-state index in [-0.39, 0.29) is 29.7 Å². The number of rotatable bonds is 7. The van der Waals surface area contributed by atoms with Crippen molar-refractivity contribution in [3.8, 4) is 28.0 Å². The SMILES string of the molecule is Cc1nc(-c2ncccn2)sc1C(=O)N1C[C@@H]2C(Oc3cc(C(C)(C)NC(=O)O)cc(-c4ccc(F)cc4)n3)[C@@H]2C1. The second kappa shape index (κ2) is 10.2. The minimum absolute atomic E-state index is 0.0617. The number of likely N-dealkylation sites (tertiary alicyclic amines) is 1. The van der Waals surface area contributed by atoms with E-state index in [1.807, 2.05) is 11.8 Å². The van der Waals surface area contributed by atoms with Gasteiger partial charge in [0.15, 0.2) is 10.8 Å². The molecule has 2 amide bonds. The Morgan fingerprint density at radius 1 is 1.10 bits per heavy atom. The van der Waals surface area contributed by atoms with Gasteiger partial charge in [0.05, 0.1) is 16.9 Å². The number of hydrogen-bond acceptors (Lipinski definition) is 8. The number of ether oxygens (including phenoxy) is 1. The molecule has 0 spiro atoms. The number of aromatic nitrogens is 4. The number of nitrogens with zero attached hydrogens (tertiary/aromatic N) is 5. The average molecular weight is 575 g/mol. The number of hydrogen-bond donors (Lipinski definition) is 2. The van der Waals surface area contributed by atoms with Gasteiger partial charge in [0.2, 0.25) is 5.88 Å². The zero-order valence-corrected chi connectivity index (χ0v) is 23.4. The molecule has 0 bridgehead atoms. The van der Waals surface area contributed by atoms with Crippen LogP contribution in [0.3, 0.4) is 0 Å². The molecule has 1 aliphatic heterocycles. The maximum Gasteiger partial charge on any atom is 0.405 e. The molecule has 10 nitrogen and oxygen atoms in total. The van der Waals surface area contributed by atoms with Crippen molar-refractivity contribution < 1.29 is 23.8 Å². The lowest BCUT2D eigenvalue weighted by Crippen LogP contribution is -2.40. The van der Waals surface area contributed by atoms with Gasteiger partial charge in [-0.05, 0) is 62.7 Å². The lowest BCUT2D eigenvalue weighted by Gasteiger charge is -2.26. The summed E-state index contributed by atoms with van der Waals surface area (Å²) >= 11 is 1.30. The maximum atomic E-state index is 13.5. The van der Waals surface area contributed by atoms with Crippen LogP contribution < -0.4 is 10.1 Å². The number of thiazole rings is 1. The molecule has 210 valence electrons. The summed E-state index contributed by atoms with van der Waals surface area (Å²) in [6.07, 6.45) is 2.02. The zero-order valence-electron chi connectivity index (χ0n) is 22.5. The van der Waals surface area contributed by atoms with E-state index < -0.39 is 11.6 Å². The van der Waals surface area contributed by atoms with Crippen LogP contribution in [0.25, 0.3) is 22.1 Å². The Labute approximate surface area is 239 Å². The van der Waals surface area contributed by atoms with Crippen LogP contribution in [0.15, 0.2) is 54.9 Å². The zero-order chi connectivity index (χ0) is 28.9. The molecule has 1 saturated carbocycles. The van der Waals surface area contributed by atoms with Crippen LogP contribution in [0, 0.1) is 24.6 Å². The maximum absolute atomic E-state index is 13.5. The molecule has 3 aromatic heterocycles. The van der Waals surface area contributed by atoms with E-state index in [9.17, 15) is 19.1 Å². The highest BCUT2D eigenvalue weighted by Gasteiger charge is 2.59. The number of carbonyl (C=O) groups excluding carboxylic acids is 1. The topological polar surface area (TPSA) is 130 Å². The number of pyridine rings is 1. The van der Waals surface area contributed by atoms with Gasteiger partial charge >= 0.3 is 6.09 Å². The predicted octanol–water partition coefficient (Wildman–Crippen LogP) is 4.76. The monoisotopic (exact) mass is 574 g/mol. The summed E-state index contributed by atoms with van der Waals surface area (Å²) in [6, 6.07) is 11.2. The number of halogens is 1. The normalized spacial score (nSPS) is 19.5. The Morgan fingerprint density at radius 3 is 2.44 bits per heavy atom. The molecule has 2 N–H and O–H groups in total. The molecule has 12 heteroatoms. The molecule has 3 atom stereocenters. The second-order valence-corrected chi connectivity index (χ2v) is 11.8. The number of nitrogens with one attached hydrogen (secondary N) is 1. The fraction of sp³-hybridized carbons (Fsp3) is 0.310. The summed E-state index contributed by atoms with van der Waals surface area (Å²) in [5.74, 6) is 0.743. The molecular formula is C29H27FN6O4S. The first-order chi connectivity index (χ1) is 19.6. The van der Waals surface area contributed by atoms with E-state index >= 15 is 0 Å². The van der Waals surface area contributed by atoms with Crippen molar-refractivity contribution in [2.24, 2.45) is 11.8 Å². The van der Waals surface area contributed by atoms with E-state index in [4.69, 9.17) is 4.74 Å². The molecule has 4 heterocycles. The Hall–Kier alpha value is -4.45. The van der Waals surface area contributed by atoms with Crippen LogP contribution in [-0.2, 0) is 5.54 Å². The standard InChI is InChI=1S/C29H27FN6O4S/c1-15-24(41-26(33-15)25-31-9-4-10-32-25)27(37)36-13-19-20(14-36)23(19)40-22-12-17(29(2,3)35-28(38)39)11-21(34-22)16-5-7-18(30)8-6-16/h4-12,19-20,23,35H,13-14H2,1-3H3,(H,38,39)/t19-,20+,23?. The van der Waals surface area contributed by atoms with Crippen molar-refractivity contribution in [1.82, 2.24) is 30.2 Å². The summed E-state index contributed by atoms with van der Waals surface area (Å²) in [7, 11) is 0. The summed E-state index contributed by atoms with van der Waals surface area (Å²) < 4.78 is 19.9. The smallest absolute Gasteiger partial charge is 0.405 e. The van der Waals surface area contributed by atoms with Gasteiger partial charge in [-0.25, -0.2) is 29.1 Å².